The first kappa shape index (κ1) is 17.6. The molecule has 5 nitrogen and oxygen atoms in total. The number of piperidine rings is 1. The Morgan fingerprint density at radius 2 is 2.13 bits per heavy atom. The minimum absolute atomic E-state index is 0.386. The van der Waals surface area contributed by atoms with E-state index in [1.54, 1.807) is 7.11 Å². The summed E-state index contributed by atoms with van der Waals surface area (Å²) in [5, 5.41) is 3.15. The van der Waals surface area contributed by atoms with Crippen LogP contribution in [0.25, 0.3) is 0 Å². The second-order valence-corrected chi connectivity index (χ2v) is 6.25. The predicted octanol–water partition coefficient (Wildman–Crippen LogP) is 2.39. The van der Waals surface area contributed by atoms with Crippen LogP contribution in [0.3, 0.4) is 0 Å². The van der Waals surface area contributed by atoms with Gasteiger partial charge in [0.2, 0.25) is 0 Å². The van der Waals surface area contributed by atoms with Crippen LogP contribution < -0.4 is 15.8 Å². The lowest BCUT2D eigenvalue weighted by Gasteiger charge is -2.39. The highest BCUT2D eigenvalue weighted by Crippen LogP contribution is 2.35. The van der Waals surface area contributed by atoms with Crippen LogP contribution in [0.5, 0.6) is 5.75 Å². The first-order valence-corrected chi connectivity index (χ1v) is 8.53. The Bertz CT molecular complexity index is 500. The molecule has 1 aliphatic heterocycles. The number of rotatable bonds is 6. The van der Waals surface area contributed by atoms with Crippen molar-refractivity contribution in [2.45, 2.75) is 32.2 Å². The van der Waals surface area contributed by atoms with Crippen LogP contribution in [-0.4, -0.2) is 44.7 Å². The van der Waals surface area contributed by atoms with Crippen molar-refractivity contribution in [1.29, 1.82) is 0 Å². The van der Waals surface area contributed by atoms with Crippen LogP contribution in [-0.2, 0) is 0 Å². The first-order chi connectivity index (χ1) is 11.2. The Hall–Kier alpha value is -1.75. The zero-order valence-electron chi connectivity index (χ0n) is 14.6. The lowest BCUT2D eigenvalue weighted by molar-refractivity contribution is 0.125. The number of nitrogens with one attached hydrogen (secondary N) is 1. The molecule has 1 aliphatic rings. The predicted molar refractivity (Wildman–Crippen MR) is 95.9 cm³/mol. The molecular formula is C18H30N4O. The van der Waals surface area contributed by atoms with E-state index in [9.17, 15) is 0 Å². The number of likely N-dealkylation sites (tertiary alicyclic amines) is 1. The van der Waals surface area contributed by atoms with Crippen LogP contribution in [0.15, 0.2) is 29.3 Å². The number of ether oxygens (including phenoxy) is 1. The monoisotopic (exact) mass is 318 g/mol. The highest BCUT2D eigenvalue weighted by atomic mass is 16.5. The van der Waals surface area contributed by atoms with Crippen molar-refractivity contribution >= 4 is 5.96 Å². The molecule has 0 bridgehead atoms. The summed E-state index contributed by atoms with van der Waals surface area (Å²) in [6.45, 7) is 4.89. The highest BCUT2D eigenvalue weighted by Gasteiger charge is 2.30. The molecule has 0 aliphatic carbocycles. The van der Waals surface area contributed by atoms with E-state index in [0.29, 0.717) is 17.9 Å². The molecule has 2 atom stereocenters. The lowest BCUT2D eigenvalue weighted by Crippen LogP contribution is -2.38. The van der Waals surface area contributed by atoms with Gasteiger partial charge in [0.1, 0.15) is 5.75 Å². The molecule has 23 heavy (non-hydrogen) atoms. The Kier molecular flexibility index (Phi) is 6.71. The van der Waals surface area contributed by atoms with Gasteiger partial charge in [0.15, 0.2) is 5.96 Å². The fourth-order valence-electron chi connectivity index (χ4n) is 3.30. The van der Waals surface area contributed by atoms with E-state index in [1.807, 2.05) is 12.1 Å². The summed E-state index contributed by atoms with van der Waals surface area (Å²) in [6, 6.07) is 8.80. The molecule has 1 saturated heterocycles. The van der Waals surface area contributed by atoms with E-state index in [1.165, 1.54) is 18.4 Å². The van der Waals surface area contributed by atoms with Gasteiger partial charge >= 0.3 is 0 Å². The smallest absolute Gasteiger partial charge is 0.188 e. The molecule has 5 heteroatoms. The van der Waals surface area contributed by atoms with Crippen molar-refractivity contribution in [2.24, 2.45) is 16.6 Å². The number of nitrogens with zero attached hydrogens (tertiary/aromatic N) is 2. The van der Waals surface area contributed by atoms with E-state index in [-0.39, 0.29) is 0 Å². The summed E-state index contributed by atoms with van der Waals surface area (Å²) in [6.07, 6.45) is 3.45. The van der Waals surface area contributed by atoms with E-state index in [4.69, 9.17) is 10.5 Å². The van der Waals surface area contributed by atoms with Gasteiger partial charge in [0, 0.05) is 19.1 Å². The number of benzene rings is 1. The van der Waals surface area contributed by atoms with E-state index in [0.717, 1.165) is 31.8 Å². The number of aliphatic imine (C=N–C) groups is 1. The number of nitrogens with two attached hydrogens (primary N) is 1. The zero-order chi connectivity index (χ0) is 16.7. The molecule has 1 aromatic rings. The molecule has 0 spiro atoms. The molecule has 3 N–H and O–H groups in total. The summed E-state index contributed by atoms with van der Waals surface area (Å²) in [5.74, 6) is 1.95. The van der Waals surface area contributed by atoms with E-state index in [2.05, 4.69) is 41.3 Å². The van der Waals surface area contributed by atoms with Crippen LogP contribution in [0.4, 0.5) is 0 Å². The fourth-order valence-corrected chi connectivity index (χ4v) is 3.30. The van der Waals surface area contributed by atoms with Crippen molar-refractivity contribution in [1.82, 2.24) is 10.2 Å². The Morgan fingerprint density at radius 3 is 2.78 bits per heavy atom. The van der Waals surface area contributed by atoms with Crippen molar-refractivity contribution < 1.29 is 4.74 Å². The van der Waals surface area contributed by atoms with Crippen molar-refractivity contribution in [2.75, 3.05) is 33.8 Å². The topological polar surface area (TPSA) is 62.9 Å². The number of guanidine groups is 1. The third-order valence-electron chi connectivity index (χ3n) is 4.52. The highest BCUT2D eigenvalue weighted by molar-refractivity contribution is 5.77. The van der Waals surface area contributed by atoms with Crippen molar-refractivity contribution in [3.05, 3.63) is 29.8 Å². The quantitative estimate of drug-likeness (QED) is 0.624. The van der Waals surface area contributed by atoms with Gasteiger partial charge < -0.3 is 15.8 Å². The number of hydrogen-bond donors (Lipinski definition) is 2. The number of hydrogen-bond acceptors (Lipinski definition) is 3. The van der Waals surface area contributed by atoms with E-state index < -0.39 is 0 Å². The summed E-state index contributed by atoms with van der Waals surface area (Å²) in [5.41, 5.74) is 7.27. The molecule has 2 rings (SSSR count). The van der Waals surface area contributed by atoms with Gasteiger partial charge in [0.25, 0.3) is 0 Å². The van der Waals surface area contributed by atoms with Gasteiger partial charge in [-0.3, -0.25) is 9.89 Å². The average Bonchev–Trinajstić information content (AvgIpc) is 2.58. The molecule has 0 aromatic heterocycles. The minimum atomic E-state index is 0.386. The van der Waals surface area contributed by atoms with Crippen LogP contribution in [0.2, 0.25) is 0 Å². The van der Waals surface area contributed by atoms with Crippen molar-refractivity contribution in [3.63, 3.8) is 0 Å². The van der Waals surface area contributed by atoms with Crippen molar-refractivity contribution in [3.8, 4) is 5.75 Å². The maximum Gasteiger partial charge on any atom is 0.188 e. The van der Waals surface area contributed by atoms with Gasteiger partial charge in [0.05, 0.1) is 7.11 Å². The SMILES string of the molecule is CCCNC(N)=NCC1CCCN(C)C1c1ccc(OC)cc1. The Morgan fingerprint density at radius 1 is 1.39 bits per heavy atom. The standard InChI is InChI=1S/C18H30N4O/c1-4-11-20-18(19)21-13-15-6-5-12-22(2)17(15)14-7-9-16(23-3)10-8-14/h7-10,15,17H,4-6,11-13H2,1-3H3,(H3,19,20,21). The summed E-state index contributed by atoms with van der Waals surface area (Å²) in [4.78, 5) is 6.99. The first-order valence-electron chi connectivity index (χ1n) is 8.53. The molecule has 128 valence electrons. The molecule has 0 amide bonds. The molecule has 0 radical (unpaired) electrons. The minimum Gasteiger partial charge on any atom is -0.497 e. The third-order valence-corrected chi connectivity index (χ3v) is 4.52. The summed E-state index contributed by atoms with van der Waals surface area (Å²) >= 11 is 0. The molecule has 1 aromatic carbocycles. The molecule has 1 heterocycles. The fraction of sp³-hybridized carbons (Fsp3) is 0.611. The summed E-state index contributed by atoms with van der Waals surface area (Å²) < 4.78 is 5.27. The van der Waals surface area contributed by atoms with Crippen LogP contribution >= 0.6 is 0 Å². The Balaban J connectivity index is 2.09. The second-order valence-electron chi connectivity index (χ2n) is 6.25. The van der Waals surface area contributed by atoms with Gasteiger partial charge in [-0.25, -0.2) is 0 Å². The van der Waals surface area contributed by atoms with E-state index >= 15 is 0 Å². The molecule has 2 unspecified atom stereocenters. The van der Waals surface area contributed by atoms with Gasteiger partial charge in [-0.2, -0.15) is 0 Å². The largest absolute Gasteiger partial charge is 0.497 e. The second kappa shape index (κ2) is 8.77. The molecule has 0 saturated carbocycles. The lowest BCUT2D eigenvalue weighted by atomic mass is 9.85. The van der Waals surface area contributed by atoms with Gasteiger partial charge in [-0.1, -0.05) is 19.1 Å². The van der Waals surface area contributed by atoms with Gasteiger partial charge in [-0.05, 0) is 56.5 Å². The maximum atomic E-state index is 5.94. The maximum absolute atomic E-state index is 5.94. The normalized spacial score (nSPS) is 22.8. The third kappa shape index (κ3) is 4.86. The molecular weight excluding hydrogens is 288 g/mol. The van der Waals surface area contributed by atoms with Crippen LogP contribution in [0.1, 0.15) is 37.8 Å². The summed E-state index contributed by atoms with van der Waals surface area (Å²) in [7, 11) is 3.90. The Labute approximate surface area is 139 Å². The number of methoxy groups -OCH3 is 1. The zero-order valence-corrected chi connectivity index (χ0v) is 14.6. The molecule has 1 fully saturated rings. The van der Waals surface area contributed by atoms with Gasteiger partial charge in [-0.15, -0.1) is 0 Å². The van der Waals surface area contributed by atoms with Crippen LogP contribution in [0, 0.1) is 5.92 Å². The average molecular weight is 318 g/mol.